The fourth-order valence-corrected chi connectivity index (χ4v) is 1.17. The van der Waals surface area contributed by atoms with Gasteiger partial charge in [-0.25, -0.2) is 0 Å². The van der Waals surface area contributed by atoms with Gasteiger partial charge in [-0.05, 0) is 25.6 Å². The van der Waals surface area contributed by atoms with Crippen molar-refractivity contribution in [3.05, 3.63) is 29.6 Å². The van der Waals surface area contributed by atoms with Crippen molar-refractivity contribution in [2.24, 2.45) is 0 Å². The molecule has 0 aliphatic carbocycles. The molecule has 0 fully saturated rings. The molecule has 1 rings (SSSR count). The molecule has 14 heavy (non-hydrogen) atoms. The fourth-order valence-electron chi connectivity index (χ4n) is 1.17. The van der Waals surface area contributed by atoms with Crippen molar-refractivity contribution in [2.45, 2.75) is 19.1 Å². The Morgan fingerprint density at radius 2 is 2.07 bits per heavy atom. The number of aromatic nitrogens is 1. The van der Waals surface area contributed by atoms with E-state index >= 15 is 0 Å². The predicted molar refractivity (Wildman–Crippen MR) is 46.7 cm³/mol. The van der Waals surface area contributed by atoms with Crippen molar-refractivity contribution < 1.29 is 13.2 Å². The standard InChI is InChI=1S/C9H11F3N2/c1-6(13-2)7-5-14-4-3-8(7)9(10,11)12/h3-6,13H,1-2H3/t6-/m0/s1. The summed E-state index contributed by atoms with van der Waals surface area (Å²) in [5.41, 5.74) is -0.461. The fraction of sp³-hybridized carbons (Fsp3) is 0.444. The van der Waals surface area contributed by atoms with Crippen LogP contribution >= 0.6 is 0 Å². The van der Waals surface area contributed by atoms with Crippen LogP contribution in [0.4, 0.5) is 13.2 Å². The van der Waals surface area contributed by atoms with Crippen molar-refractivity contribution >= 4 is 0 Å². The van der Waals surface area contributed by atoms with Gasteiger partial charge in [0.25, 0.3) is 0 Å². The molecule has 2 nitrogen and oxygen atoms in total. The molecule has 1 aromatic heterocycles. The Balaban J connectivity index is 3.16. The number of hydrogen-bond acceptors (Lipinski definition) is 2. The molecule has 1 heterocycles. The Morgan fingerprint density at radius 1 is 1.43 bits per heavy atom. The summed E-state index contributed by atoms with van der Waals surface area (Å²) in [5.74, 6) is 0. The molecule has 0 aliphatic heterocycles. The highest BCUT2D eigenvalue weighted by Crippen LogP contribution is 2.33. The van der Waals surface area contributed by atoms with Gasteiger partial charge in [-0.2, -0.15) is 13.2 Å². The van der Waals surface area contributed by atoms with E-state index in [1.54, 1.807) is 14.0 Å². The van der Waals surface area contributed by atoms with E-state index in [1.807, 2.05) is 0 Å². The van der Waals surface area contributed by atoms with Crippen LogP contribution in [0.5, 0.6) is 0 Å². The van der Waals surface area contributed by atoms with Gasteiger partial charge in [-0.3, -0.25) is 4.98 Å². The van der Waals surface area contributed by atoms with Gasteiger partial charge in [-0.15, -0.1) is 0 Å². The summed E-state index contributed by atoms with van der Waals surface area (Å²) in [6, 6.07) is 0.628. The molecule has 5 heteroatoms. The molecule has 0 bridgehead atoms. The number of nitrogens with one attached hydrogen (secondary N) is 1. The highest BCUT2D eigenvalue weighted by atomic mass is 19.4. The monoisotopic (exact) mass is 204 g/mol. The lowest BCUT2D eigenvalue weighted by molar-refractivity contribution is -0.138. The number of pyridine rings is 1. The molecule has 0 aliphatic rings. The van der Waals surface area contributed by atoms with Crippen LogP contribution in [0.15, 0.2) is 18.5 Å². The van der Waals surface area contributed by atoms with Crippen molar-refractivity contribution in [1.82, 2.24) is 10.3 Å². The Labute approximate surface area is 80.2 Å². The summed E-state index contributed by atoms with van der Waals surface area (Å²) >= 11 is 0. The number of rotatable bonds is 2. The van der Waals surface area contributed by atoms with E-state index in [2.05, 4.69) is 10.3 Å². The first-order valence-corrected chi connectivity index (χ1v) is 4.15. The number of hydrogen-bond donors (Lipinski definition) is 1. The van der Waals surface area contributed by atoms with E-state index in [-0.39, 0.29) is 11.6 Å². The van der Waals surface area contributed by atoms with Gasteiger partial charge in [0.15, 0.2) is 0 Å². The zero-order valence-electron chi connectivity index (χ0n) is 7.89. The third-order valence-electron chi connectivity index (χ3n) is 2.06. The molecule has 0 radical (unpaired) electrons. The van der Waals surface area contributed by atoms with Crippen molar-refractivity contribution in [3.8, 4) is 0 Å². The molecule has 1 atom stereocenters. The lowest BCUT2D eigenvalue weighted by atomic mass is 10.0. The maximum Gasteiger partial charge on any atom is 0.416 e. The maximum absolute atomic E-state index is 12.5. The van der Waals surface area contributed by atoms with Gasteiger partial charge in [0.1, 0.15) is 0 Å². The van der Waals surface area contributed by atoms with Crippen LogP contribution < -0.4 is 5.32 Å². The summed E-state index contributed by atoms with van der Waals surface area (Å²) in [6.45, 7) is 1.66. The molecule has 0 unspecified atom stereocenters. The Bertz CT molecular complexity index is 309. The van der Waals surface area contributed by atoms with Crippen LogP contribution in [0.3, 0.4) is 0 Å². The maximum atomic E-state index is 12.5. The van der Waals surface area contributed by atoms with Crippen LogP contribution in [0, 0.1) is 0 Å². The second-order valence-corrected chi connectivity index (χ2v) is 2.97. The predicted octanol–water partition coefficient (Wildman–Crippen LogP) is 2.38. The van der Waals surface area contributed by atoms with Gasteiger partial charge in [-0.1, -0.05) is 0 Å². The van der Waals surface area contributed by atoms with Gasteiger partial charge in [0.05, 0.1) is 5.56 Å². The molecular formula is C9H11F3N2. The van der Waals surface area contributed by atoms with E-state index < -0.39 is 11.7 Å². The van der Waals surface area contributed by atoms with Crippen molar-refractivity contribution in [1.29, 1.82) is 0 Å². The average Bonchev–Trinajstić information content (AvgIpc) is 2.15. The van der Waals surface area contributed by atoms with E-state index in [1.165, 1.54) is 6.20 Å². The minimum Gasteiger partial charge on any atom is -0.313 e. The SMILES string of the molecule is CN[C@@H](C)c1cnccc1C(F)(F)F. The number of alkyl halides is 3. The highest BCUT2D eigenvalue weighted by Gasteiger charge is 2.34. The quantitative estimate of drug-likeness (QED) is 0.800. The molecule has 0 saturated carbocycles. The molecule has 0 amide bonds. The first kappa shape index (κ1) is 11.0. The largest absolute Gasteiger partial charge is 0.416 e. The Hall–Kier alpha value is -1.10. The minimum absolute atomic E-state index is 0.169. The normalized spacial score (nSPS) is 14.1. The Morgan fingerprint density at radius 3 is 2.57 bits per heavy atom. The van der Waals surface area contributed by atoms with Crippen LogP contribution in [0.25, 0.3) is 0 Å². The average molecular weight is 204 g/mol. The topological polar surface area (TPSA) is 24.9 Å². The molecule has 1 aromatic rings. The summed E-state index contributed by atoms with van der Waals surface area (Å²) < 4.78 is 37.5. The second-order valence-electron chi connectivity index (χ2n) is 2.97. The first-order chi connectivity index (χ1) is 6.46. The molecule has 0 aromatic carbocycles. The minimum atomic E-state index is -4.32. The summed E-state index contributed by atoms with van der Waals surface area (Å²) in [5, 5.41) is 2.75. The van der Waals surface area contributed by atoms with E-state index in [4.69, 9.17) is 0 Å². The Kier molecular flexibility index (Phi) is 3.10. The lowest BCUT2D eigenvalue weighted by Crippen LogP contribution is -2.18. The van der Waals surface area contributed by atoms with E-state index in [0.29, 0.717) is 0 Å². The number of halogens is 3. The highest BCUT2D eigenvalue weighted by molar-refractivity contribution is 5.28. The van der Waals surface area contributed by atoms with Gasteiger partial charge >= 0.3 is 6.18 Å². The van der Waals surface area contributed by atoms with Crippen LogP contribution in [0.2, 0.25) is 0 Å². The van der Waals surface area contributed by atoms with Crippen molar-refractivity contribution in [2.75, 3.05) is 7.05 Å². The lowest BCUT2D eigenvalue weighted by Gasteiger charge is -2.16. The molecule has 78 valence electrons. The van der Waals surface area contributed by atoms with E-state index in [0.717, 1.165) is 12.3 Å². The van der Waals surface area contributed by atoms with Gasteiger partial charge < -0.3 is 5.32 Å². The molecule has 0 saturated heterocycles. The summed E-state index contributed by atoms with van der Waals surface area (Å²) in [7, 11) is 1.61. The van der Waals surface area contributed by atoms with E-state index in [9.17, 15) is 13.2 Å². The molecule has 0 spiro atoms. The summed E-state index contributed by atoms with van der Waals surface area (Å²) in [6.07, 6.45) is -1.93. The molecule has 1 N–H and O–H groups in total. The zero-order chi connectivity index (χ0) is 10.8. The van der Waals surface area contributed by atoms with Crippen LogP contribution in [0.1, 0.15) is 24.1 Å². The zero-order valence-corrected chi connectivity index (χ0v) is 7.89. The third kappa shape index (κ3) is 2.23. The number of nitrogens with zero attached hydrogens (tertiary/aromatic N) is 1. The molecular weight excluding hydrogens is 193 g/mol. The van der Waals surface area contributed by atoms with Crippen molar-refractivity contribution in [3.63, 3.8) is 0 Å². The van der Waals surface area contributed by atoms with Crippen LogP contribution in [-0.2, 0) is 6.18 Å². The third-order valence-corrected chi connectivity index (χ3v) is 2.06. The van der Waals surface area contributed by atoms with Gasteiger partial charge in [0, 0.05) is 18.4 Å². The van der Waals surface area contributed by atoms with Crippen LogP contribution in [-0.4, -0.2) is 12.0 Å². The second kappa shape index (κ2) is 3.96. The first-order valence-electron chi connectivity index (χ1n) is 4.15. The van der Waals surface area contributed by atoms with Gasteiger partial charge in [0.2, 0.25) is 0 Å². The summed E-state index contributed by atoms with van der Waals surface area (Å²) in [4.78, 5) is 3.69. The smallest absolute Gasteiger partial charge is 0.313 e.